The van der Waals surface area contributed by atoms with E-state index in [1.54, 1.807) is 18.2 Å². The third kappa shape index (κ3) is 1.75. The van der Waals surface area contributed by atoms with Gasteiger partial charge in [-0.3, -0.25) is 4.79 Å². The van der Waals surface area contributed by atoms with Crippen LogP contribution in [0.2, 0.25) is 0 Å². The number of rotatable bonds is 2. The van der Waals surface area contributed by atoms with Crippen LogP contribution >= 0.6 is 0 Å². The molecule has 0 spiro atoms. The minimum atomic E-state index is -0.332. The lowest BCUT2D eigenvalue weighted by atomic mass is 10.1. The number of hydrogen-bond acceptors (Lipinski definition) is 3. The molecule has 0 saturated heterocycles. The Labute approximate surface area is 97.7 Å². The summed E-state index contributed by atoms with van der Waals surface area (Å²) >= 11 is 0. The summed E-state index contributed by atoms with van der Waals surface area (Å²) in [5, 5.41) is 14.0. The van der Waals surface area contributed by atoms with E-state index in [-0.39, 0.29) is 17.0 Å². The van der Waals surface area contributed by atoms with Crippen molar-refractivity contribution in [2.45, 2.75) is 13.8 Å². The van der Waals surface area contributed by atoms with Crippen molar-refractivity contribution in [1.29, 1.82) is 0 Å². The molecule has 5 nitrogen and oxygen atoms in total. The molecule has 0 fully saturated rings. The molecule has 17 heavy (non-hydrogen) atoms. The van der Waals surface area contributed by atoms with Crippen molar-refractivity contribution in [3.05, 3.63) is 46.4 Å². The van der Waals surface area contributed by atoms with Crippen LogP contribution < -0.4 is 5.56 Å². The SMILES string of the molecule is C/C=C\C(=C/C)c1c(O)n2nccc2[nH]c1=O. The monoisotopic (exact) mass is 231 g/mol. The number of aromatic hydroxyl groups is 1. The fourth-order valence-corrected chi connectivity index (χ4v) is 1.72. The Bertz CT molecular complexity index is 662. The molecule has 2 heterocycles. The van der Waals surface area contributed by atoms with Crippen molar-refractivity contribution >= 4 is 11.2 Å². The molecule has 0 aromatic carbocycles. The van der Waals surface area contributed by atoms with E-state index in [2.05, 4.69) is 10.1 Å². The number of aromatic amines is 1. The van der Waals surface area contributed by atoms with Crippen LogP contribution in [-0.2, 0) is 0 Å². The number of allylic oxidation sites excluding steroid dienone is 4. The Morgan fingerprint density at radius 2 is 2.29 bits per heavy atom. The molecule has 2 aromatic heterocycles. The van der Waals surface area contributed by atoms with Crippen LogP contribution in [-0.4, -0.2) is 19.7 Å². The Kier molecular flexibility index (Phi) is 2.82. The molecule has 2 rings (SSSR count). The minimum Gasteiger partial charge on any atom is -0.493 e. The number of nitrogens with one attached hydrogen (secondary N) is 1. The van der Waals surface area contributed by atoms with Crippen molar-refractivity contribution in [1.82, 2.24) is 14.6 Å². The summed E-state index contributed by atoms with van der Waals surface area (Å²) < 4.78 is 1.30. The van der Waals surface area contributed by atoms with Gasteiger partial charge in [0.1, 0.15) is 11.2 Å². The first kappa shape index (κ1) is 11.2. The van der Waals surface area contributed by atoms with Crippen LogP contribution in [0.15, 0.2) is 35.3 Å². The van der Waals surface area contributed by atoms with Crippen LogP contribution in [0, 0.1) is 0 Å². The highest BCUT2D eigenvalue weighted by Crippen LogP contribution is 2.22. The van der Waals surface area contributed by atoms with Crippen molar-refractivity contribution in [2.24, 2.45) is 0 Å². The van der Waals surface area contributed by atoms with E-state index in [1.165, 1.54) is 10.7 Å². The van der Waals surface area contributed by atoms with Crippen molar-refractivity contribution in [3.63, 3.8) is 0 Å². The second kappa shape index (κ2) is 4.29. The van der Waals surface area contributed by atoms with E-state index in [4.69, 9.17) is 0 Å². The summed E-state index contributed by atoms with van der Waals surface area (Å²) in [5.74, 6) is -0.153. The van der Waals surface area contributed by atoms with Crippen molar-refractivity contribution in [2.75, 3.05) is 0 Å². The van der Waals surface area contributed by atoms with Crippen LogP contribution in [0.4, 0.5) is 0 Å². The molecule has 0 atom stereocenters. The van der Waals surface area contributed by atoms with Crippen LogP contribution in [0.25, 0.3) is 11.2 Å². The zero-order chi connectivity index (χ0) is 12.4. The summed E-state index contributed by atoms with van der Waals surface area (Å²) in [5.41, 5.74) is 1.01. The molecule has 0 aliphatic heterocycles. The maximum absolute atomic E-state index is 11.9. The summed E-state index contributed by atoms with van der Waals surface area (Å²) in [4.78, 5) is 14.6. The fourth-order valence-electron chi connectivity index (χ4n) is 1.72. The van der Waals surface area contributed by atoms with E-state index in [1.807, 2.05) is 19.9 Å². The molecule has 0 aliphatic rings. The summed E-state index contributed by atoms with van der Waals surface area (Å²) in [6.07, 6.45) is 6.85. The van der Waals surface area contributed by atoms with E-state index >= 15 is 0 Å². The van der Waals surface area contributed by atoms with E-state index in [0.717, 1.165) is 0 Å². The number of nitrogens with zero attached hydrogens (tertiary/aromatic N) is 2. The maximum Gasteiger partial charge on any atom is 0.262 e. The van der Waals surface area contributed by atoms with Crippen molar-refractivity contribution < 1.29 is 5.11 Å². The molecule has 5 heteroatoms. The van der Waals surface area contributed by atoms with E-state index in [9.17, 15) is 9.90 Å². The Balaban J connectivity index is 2.81. The predicted octanol–water partition coefficient (Wildman–Crippen LogP) is 1.71. The molecule has 2 aromatic rings. The third-order valence-electron chi connectivity index (χ3n) is 2.48. The van der Waals surface area contributed by atoms with Gasteiger partial charge < -0.3 is 10.1 Å². The average Bonchev–Trinajstić information content (AvgIpc) is 2.76. The standard InChI is InChI=1S/C12H13N3O2/c1-3-5-8(4-2)10-11(16)14-9-6-7-13-15(9)12(10)17/h3-7,17H,1-2H3,(H,14,16)/b5-3-,8-4+. The van der Waals surface area contributed by atoms with Gasteiger partial charge in [-0.15, -0.1) is 0 Å². The lowest BCUT2D eigenvalue weighted by Crippen LogP contribution is -2.14. The Hall–Kier alpha value is -2.30. The van der Waals surface area contributed by atoms with E-state index in [0.29, 0.717) is 11.2 Å². The van der Waals surface area contributed by atoms with Crippen LogP contribution in [0.3, 0.4) is 0 Å². The highest BCUT2D eigenvalue weighted by molar-refractivity contribution is 5.76. The third-order valence-corrected chi connectivity index (χ3v) is 2.48. The highest BCUT2D eigenvalue weighted by atomic mass is 16.3. The molecular weight excluding hydrogens is 218 g/mol. The summed E-state index contributed by atoms with van der Waals surface area (Å²) in [6.45, 7) is 3.66. The van der Waals surface area contributed by atoms with Gasteiger partial charge in [0.05, 0.1) is 6.20 Å². The topological polar surface area (TPSA) is 70.4 Å². The zero-order valence-corrected chi connectivity index (χ0v) is 9.64. The van der Waals surface area contributed by atoms with Gasteiger partial charge in [0.15, 0.2) is 0 Å². The van der Waals surface area contributed by atoms with Crippen LogP contribution in [0.5, 0.6) is 5.88 Å². The van der Waals surface area contributed by atoms with Gasteiger partial charge in [0.2, 0.25) is 5.88 Å². The fraction of sp³-hybridized carbons (Fsp3) is 0.167. The molecule has 88 valence electrons. The first-order valence-corrected chi connectivity index (χ1v) is 5.27. The van der Waals surface area contributed by atoms with Gasteiger partial charge >= 0.3 is 0 Å². The number of hydrogen-bond donors (Lipinski definition) is 2. The quantitative estimate of drug-likeness (QED) is 0.773. The maximum atomic E-state index is 11.9. The molecule has 2 N–H and O–H groups in total. The van der Waals surface area contributed by atoms with E-state index < -0.39 is 0 Å². The van der Waals surface area contributed by atoms with Crippen molar-refractivity contribution in [3.8, 4) is 5.88 Å². The number of fused-ring (bicyclic) bond motifs is 1. The van der Waals surface area contributed by atoms with Gasteiger partial charge in [0, 0.05) is 6.07 Å². The highest BCUT2D eigenvalue weighted by Gasteiger charge is 2.14. The molecule has 0 radical (unpaired) electrons. The average molecular weight is 231 g/mol. The molecule has 0 unspecified atom stereocenters. The molecule has 0 aliphatic carbocycles. The second-order valence-corrected chi connectivity index (χ2v) is 3.52. The van der Waals surface area contributed by atoms with Gasteiger partial charge in [-0.1, -0.05) is 18.2 Å². The number of aromatic nitrogens is 3. The lowest BCUT2D eigenvalue weighted by Gasteiger charge is -2.05. The Morgan fingerprint density at radius 3 is 2.94 bits per heavy atom. The van der Waals surface area contributed by atoms with Gasteiger partial charge in [0.25, 0.3) is 5.56 Å². The first-order chi connectivity index (χ1) is 8.19. The van der Waals surface area contributed by atoms with Gasteiger partial charge in [-0.25, -0.2) is 0 Å². The molecular formula is C12H13N3O2. The summed E-state index contributed by atoms with van der Waals surface area (Å²) in [6, 6.07) is 1.62. The Morgan fingerprint density at radius 1 is 1.53 bits per heavy atom. The van der Waals surface area contributed by atoms with Crippen LogP contribution in [0.1, 0.15) is 19.4 Å². The largest absolute Gasteiger partial charge is 0.493 e. The normalized spacial score (nSPS) is 12.7. The van der Waals surface area contributed by atoms with Gasteiger partial charge in [-0.05, 0) is 19.4 Å². The minimum absolute atomic E-state index is 0.153. The first-order valence-electron chi connectivity index (χ1n) is 5.27. The molecule has 0 bridgehead atoms. The molecule has 0 amide bonds. The lowest BCUT2D eigenvalue weighted by molar-refractivity contribution is 0.432. The van der Waals surface area contributed by atoms with Gasteiger partial charge in [-0.2, -0.15) is 9.61 Å². The smallest absolute Gasteiger partial charge is 0.262 e. The molecule has 0 saturated carbocycles. The number of H-pyrrole nitrogens is 1. The predicted molar refractivity (Wildman–Crippen MR) is 65.9 cm³/mol. The zero-order valence-electron chi connectivity index (χ0n) is 9.64. The summed E-state index contributed by atoms with van der Waals surface area (Å²) in [7, 11) is 0. The second-order valence-electron chi connectivity index (χ2n) is 3.52.